The molecule has 0 fully saturated rings. The topological polar surface area (TPSA) is 0 Å². The Hall–Kier alpha value is 4.36. The molecule has 0 nitrogen and oxygen atoms in total. The first-order valence-corrected chi connectivity index (χ1v) is 0. The minimum absolute atomic E-state index is 0. The van der Waals surface area contributed by atoms with Gasteiger partial charge in [0.15, 0.2) is 0 Å². The van der Waals surface area contributed by atoms with Crippen LogP contribution in [-0.4, -0.2) is 45.3 Å². The van der Waals surface area contributed by atoms with Crippen molar-refractivity contribution in [3.05, 3.63) is 0 Å². The molecule has 0 saturated carbocycles. The second-order valence-corrected chi connectivity index (χ2v) is 0. The molecule has 0 aromatic carbocycles. The third kappa shape index (κ3) is 23.8. The molecule has 6 heavy (non-hydrogen) atoms. The predicted molar refractivity (Wildman–Crippen MR) is 18.5 cm³/mol. The van der Waals surface area contributed by atoms with E-state index in [2.05, 4.69) is 0 Å². The maximum atomic E-state index is 0. The molecular weight excluding hydrogens is 706 g/mol. The first-order chi connectivity index (χ1) is 0. The second kappa shape index (κ2) is 34.4. The average molecular weight is 711 g/mol. The molecule has 0 aliphatic carbocycles. The monoisotopic (exact) mass is 714 g/mol. The van der Waals surface area contributed by atoms with Crippen molar-refractivity contribution >= 4 is 45.3 Å². The summed E-state index contributed by atoms with van der Waals surface area (Å²) in [5.41, 5.74) is 0. The van der Waals surface area contributed by atoms with Crippen LogP contribution < -0.4 is 0 Å². The Morgan fingerprint density at radius 2 is 1.00 bits per heavy atom. The summed E-state index contributed by atoms with van der Waals surface area (Å²) in [5.74, 6) is 0. The third-order valence-electron chi connectivity index (χ3n) is 0. The Labute approximate surface area is 131 Å². The Kier molecular flexibility index (Phi) is 274. The van der Waals surface area contributed by atoms with Crippen LogP contribution in [0, 0.1) is 0 Å². The van der Waals surface area contributed by atoms with E-state index in [0.29, 0.717) is 0 Å². The molecule has 0 spiro atoms. The summed E-state index contributed by atoms with van der Waals surface area (Å²) in [5, 5.41) is 0. The standard InChI is InChI=1S/AsH3.Cd.Cr.Hg.Ni.Pb.2H/h1H3;;;;;;;. The first-order valence-electron chi connectivity index (χ1n) is 0. The molecule has 0 saturated heterocycles. The van der Waals surface area contributed by atoms with Gasteiger partial charge in [-0.3, -0.25) is 0 Å². The van der Waals surface area contributed by atoms with Gasteiger partial charge in [-0.1, -0.05) is 0 Å². The van der Waals surface area contributed by atoms with E-state index in [9.17, 15) is 0 Å². The van der Waals surface area contributed by atoms with Gasteiger partial charge in [0.2, 0.25) is 0 Å². The van der Waals surface area contributed by atoms with Gasteiger partial charge in [-0.05, 0) is 0 Å². The van der Waals surface area contributed by atoms with Crippen molar-refractivity contribution in [1.29, 1.82) is 0 Å². The van der Waals surface area contributed by atoms with Crippen LogP contribution in [0.25, 0.3) is 0 Å². The van der Waals surface area contributed by atoms with Crippen LogP contribution in [0.4, 0.5) is 0 Å². The molecule has 0 aliphatic rings. The summed E-state index contributed by atoms with van der Waals surface area (Å²) in [7, 11) is 0. The van der Waals surface area contributed by atoms with Crippen LogP contribution in [0.15, 0.2) is 0 Å². The molecule has 0 heterocycles. The van der Waals surface area contributed by atoms with Gasteiger partial charge in [-0.2, -0.15) is 0 Å². The average Bonchev–Trinajstić information content (AvgIpc) is 0. The van der Waals surface area contributed by atoms with Crippen molar-refractivity contribution in [3.63, 3.8) is 0 Å². The van der Waals surface area contributed by atoms with Crippen molar-refractivity contribution in [2.24, 2.45) is 0 Å². The molecule has 0 aromatic rings. The molecule has 0 aliphatic heterocycles. The summed E-state index contributed by atoms with van der Waals surface area (Å²) in [6.45, 7) is 0. The van der Waals surface area contributed by atoms with Gasteiger partial charge in [0.25, 0.3) is 0 Å². The summed E-state index contributed by atoms with van der Waals surface area (Å²) in [6.07, 6.45) is 0. The van der Waals surface area contributed by atoms with Gasteiger partial charge in [-0.25, -0.2) is 0 Å². The Bertz CT molecular complexity index is 15.5. The van der Waals surface area contributed by atoms with Crippen LogP contribution in [0.3, 0.4) is 0 Å². The van der Waals surface area contributed by atoms with Crippen LogP contribution in [-0.2, 0) is 88.8 Å². The SMILES string of the molecule is [AsH3].[Cd].[Cr].[Hg].[Ni].[PbH2]. The zero-order valence-electron chi connectivity index (χ0n) is 3.55. The molecule has 0 rings (SSSR count). The van der Waals surface area contributed by atoms with Crippen LogP contribution in [0.5, 0.6) is 0 Å². The van der Waals surface area contributed by atoms with Gasteiger partial charge in [0.1, 0.15) is 0 Å². The quantitative estimate of drug-likeness (QED) is 0.253. The second-order valence-electron chi connectivity index (χ2n) is 0. The fourth-order valence-electron chi connectivity index (χ4n) is 0. The van der Waals surface area contributed by atoms with E-state index < -0.39 is 0 Å². The Balaban J connectivity index is 0. The van der Waals surface area contributed by atoms with Gasteiger partial charge < -0.3 is 0 Å². The van der Waals surface area contributed by atoms with E-state index in [1.807, 2.05) is 0 Å². The first kappa shape index (κ1) is 47.7. The molecule has 0 aromatic heterocycles. The van der Waals surface area contributed by atoms with Crippen molar-refractivity contribution in [1.82, 2.24) is 0 Å². The van der Waals surface area contributed by atoms with Crippen LogP contribution in [0.1, 0.15) is 0 Å². The van der Waals surface area contributed by atoms with Crippen molar-refractivity contribution < 1.29 is 88.8 Å². The summed E-state index contributed by atoms with van der Waals surface area (Å²) in [4.78, 5) is 0. The number of hydrogen-bond acceptors (Lipinski definition) is 0. The Morgan fingerprint density at radius 1 is 1.00 bits per heavy atom. The number of hydrogen-bond donors (Lipinski definition) is 0. The van der Waals surface area contributed by atoms with Crippen molar-refractivity contribution in [2.75, 3.05) is 0 Å². The summed E-state index contributed by atoms with van der Waals surface area (Å²) >= 11 is 0. The number of rotatable bonds is 0. The molecule has 1 unspecified atom stereocenters. The van der Waals surface area contributed by atoms with Gasteiger partial charge in [-0.15, -0.1) is 0 Å². The maximum absolute atomic E-state index is 0. The molecule has 1 atom stereocenters. The fourth-order valence-corrected chi connectivity index (χ4v) is 0. The van der Waals surface area contributed by atoms with E-state index in [1.165, 1.54) is 0 Å². The normalized spacial score (nSPS) is 0. The molecule has 6 heteroatoms. The van der Waals surface area contributed by atoms with E-state index in [0.717, 1.165) is 0 Å². The predicted octanol–water partition coefficient (Wildman–Crippen LogP) is -2.11. The molecular formula is H5AsCdCrHgNiPb. The molecule has 0 N–H and O–H groups in total. The van der Waals surface area contributed by atoms with Crippen LogP contribution in [0.2, 0.25) is 0 Å². The summed E-state index contributed by atoms with van der Waals surface area (Å²) < 4.78 is 0. The van der Waals surface area contributed by atoms with Crippen molar-refractivity contribution in [3.8, 4) is 0 Å². The fraction of sp³-hybridized carbons (Fsp3) is 0. The van der Waals surface area contributed by atoms with Crippen LogP contribution >= 0.6 is 0 Å². The van der Waals surface area contributed by atoms with Gasteiger partial charge >= 0.3 is 45.3 Å². The zero-order valence-corrected chi connectivity index (χ0v) is 23.8. The van der Waals surface area contributed by atoms with E-state index >= 15 is 0 Å². The van der Waals surface area contributed by atoms with E-state index in [4.69, 9.17) is 0 Å². The van der Waals surface area contributed by atoms with E-state index in [-0.39, 0.29) is 134 Å². The molecule has 0 bridgehead atoms. The Morgan fingerprint density at radius 3 is 1.00 bits per heavy atom. The molecule has 34 valence electrons. The zero-order chi connectivity index (χ0) is 0. The van der Waals surface area contributed by atoms with Gasteiger partial charge in [0, 0.05) is 88.8 Å². The summed E-state index contributed by atoms with van der Waals surface area (Å²) in [6, 6.07) is 0. The minimum atomic E-state index is 0. The third-order valence-corrected chi connectivity index (χ3v) is 0. The molecule has 2 radical (unpaired) electrons. The van der Waals surface area contributed by atoms with Gasteiger partial charge in [0.05, 0.1) is 0 Å². The van der Waals surface area contributed by atoms with E-state index in [1.54, 1.807) is 0 Å². The van der Waals surface area contributed by atoms with Crippen molar-refractivity contribution in [2.45, 2.75) is 0 Å². The molecule has 0 amide bonds.